The summed E-state index contributed by atoms with van der Waals surface area (Å²) in [5.41, 5.74) is 0.929. The van der Waals surface area contributed by atoms with Gasteiger partial charge in [0.15, 0.2) is 5.92 Å². The van der Waals surface area contributed by atoms with E-state index >= 15 is 0 Å². The van der Waals surface area contributed by atoms with Gasteiger partial charge in [0.05, 0.1) is 14.2 Å². The van der Waals surface area contributed by atoms with Crippen LogP contribution in [-0.2, 0) is 19.1 Å². The molecule has 4 nitrogen and oxygen atoms in total. The minimum atomic E-state index is -0.933. The fourth-order valence-electron chi connectivity index (χ4n) is 2.28. The molecule has 0 bridgehead atoms. The molecule has 0 radical (unpaired) electrons. The molecule has 0 aliphatic carbocycles. The standard InChI is InChI=1S/C15H20O4/c1-10(2)12(11-8-6-5-7-9-11)13(14(16)18-3)15(17)19-4/h5-10,12-13H,1-4H3. The van der Waals surface area contributed by atoms with E-state index < -0.39 is 17.9 Å². The van der Waals surface area contributed by atoms with Gasteiger partial charge in [-0.15, -0.1) is 0 Å². The van der Waals surface area contributed by atoms with Crippen LogP contribution in [0.15, 0.2) is 30.3 Å². The summed E-state index contributed by atoms with van der Waals surface area (Å²) in [6.07, 6.45) is 0. The second-order valence-corrected chi connectivity index (χ2v) is 4.70. The van der Waals surface area contributed by atoms with Gasteiger partial charge in [-0.25, -0.2) is 0 Å². The normalized spacial score (nSPS) is 12.3. The van der Waals surface area contributed by atoms with Crippen molar-refractivity contribution in [2.24, 2.45) is 11.8 Å². The lowest BCUT2D eigenvalue weighted by Crippen LogP contribution is -2.34. The van der Waals surface area contributed by atoms with Crippen molar-refractivity contribution in [1.29, 1.82) is 0 Å². The van der Waals surface area contributed by atoms with Crippen molar-refractivity contribution in [3.8, 4) is 0 Å². The van der Waals surface area contributed by atoms with Gasteiger partial charge in [-0.2, -0.15) is 0 Å². The summed E-state index contributed by atoms with van der Waals surface area (Å²) in [5, 5.41) is 0. The van der Waals surface area contributed by atoms with Crippen LogP contribution in [0.1, 0.15) is 25.3 Å². The van der Waals surface area contributed by atoms with Crippen LogP contribution in [0.2, 0.25) is 0 Å². The van der Waals surface area contributed by atoms with Crippen molar-refractivity contribution in [2.45, 2.75) is 19.8 Å². The quantitative estimate of drug-likeness (QED) is 0.605. The third-order valence-electron chi connectivity index (χ3n) is 3.17. The first kappa shape index (κ1) is 15.2. The lowest BCUT2D eigenvalue weighted by Gasteiger charge is -2.27. The van der Waals surface area contributed by atoms with Gasteiger partial charge in [-0.05, 0) is 11.5 Å². The van der Waals surface area contributed by atoms with E-state index in [9.17, 15) is 9.59 Å². The van der Waals surface area contributed by atoms with Gasteiger partial charge in [0.25, 0.3) is 0 Å². The summed E-state index contributed by atoms with van der Waals surface area (Å²) in [6, 6.07) is 9.48. The first-order valence-electron chi connectivity index (χ1n) is 6.23. The van der Waals surface area contributed by atoms with Crippen molar-refractivity contribution in [3.05, 3.63) is 35.9 Å². The van der Waals surface area contributed by atoms with Crippen molar-refractivity contribution in [2.75, 3.05) is 14.2 Å². The molecule has 0 saturated heterocycles. The first-order valence-corrected chi connectivity index (χ1v) is 6.23. The molecule has 0 aliphatic heterocycles. The van der Waals surface area contributed by atoms with Crippen LogP contribution in [0.4, 0.5) is 0 Å². The van der Waals surface area contributed by atoms with Gasteiger partial charge < -0.3 is 9.47 Å². The summed E-state index contributed by atoms with van der Waals surface area (Å²) < 4.78 is 9.50. The number of hydrogen-bond donors (Lipinski definition) is 0. The molecular weight excluding hydrogens is 244 g/mol. The maximum absolute atomic E-state index is 11.9. The molecule has 0 N–H and O–H groups in total. The number of carbonyl (C=O) groups is 2. The molecular formula is C15H20O4. The highest BCUT2D eigenvalue weighted by Crippen LogP contribution is 2.33. The molecule has 0 saturated carbocycles. The topological polar surface area (TPSA) is 52.6 Å². The van der Waals surface area contributed by atoms with Crippen molar-refractivity contribution in [3.63, 3.8) is 0 Å². The third-order valence-corrected chi connectivity index (χ3v) is 3.17. The highest BCUT2D eigenvalue weighted by molar-refractivity contribution is 5.96. The number of hydrogen-bond acceptors (Lipinski definition) is 4. The second-order valence-electron chi connectivity index (χ2n) is 4.70. The van der Waals surface area contributed by atoms with E-state index in [-0.39, 0.29) is 11.8 Å². The number of carbonyl (C=O) groups excluding carboxylic acids is 2. The van der Waals surface area contributed by atoms with Gasteiger partial charge in [0.1, 0.15) is 0 Å². The monoisotopic (exact) mass is 264 g/mol. The average molecular weight is 264 g/mol. The van der Waals surface area contributed by atoms with Crippen molar-refractivity contribution >= 4 is 11.9 Å². The van der Waals surface area contributed by atoms with Crippen LogP contribution in [0.5, 0.6) is 0 Å². The van der Waals surface area contributed by atoms with E-state index in [1.165, 1.54) is 14.2 Å². The second kappa shape index (κ2) is 6.92. The Hall–Kier alpha value is -1.84. The van der Waals surface area contributed by atoms with E-state index in [1.807, 2.05) is 44.2 Å². The molecule has 104 valence electrons. The fraction of sp³-hybridized carbons (Fsp3) is 0.467. The first-order chi connectivity index (χ1) is 9.02. The molecule has 0 amide bonds. The van der Waals surface area contributed by atoms with Crippen LogP contribution in [0, 0.1) is 11.8 Å². The van der Waals surface area contributed by atoms with Crippen molar-refractivity contribution in [1.82, 2.24) is 0 Å². The molecule has 1 atom stereocenters. The Bertz CT molecular complexity index is 409. The summed E-state index contributed by atoms with van der Waals surface area (Å²) in [5.74, 6) is -2.21. The van der Waals surface area contributed by atoms with Crippen LogP contribution >= 0.6 is 0 Å². The minimum absolute atomic E-state index is 0.102. The zero-order valence-corrected chi connectivity index (χ0v) is 11.8. The molecule has 0 heterocycles. The Labute approximate surface area is 113 Å². The molecule has 1 unspecified atom stereocenters. The molecule has 19 heavy (non-hydrogen) atoms. The summed E-state index contributed by atoms with van der Waals surface area (Å²) in [6.45, 7) is 3.94. The number of benzene rings is 1. The lowest BCUT2D eigenvalue weighted by molar-refractivity contribution is -0.160. The van der Waals surface area contributed by atoms with E-state index in [0.717, 1.165) is 5.56 Å². The molecule has 4 heteroatoms. The predicted octanol–water partition coefficient (Wildman–Crippen LogP) is 2.39. The van der Waals surface area contributed by atoms with E-state index in [2.05, 4.69) is 0 Å². The smallest absolute Gasteiger partial charge is 0.320 e. The zero-order chi connectivity index (χ0) is 14.4. The SMILES string of the molecule is COC(=O)C(C(=O)OC)C(c1ccccc1)C(C)C. The largest absolute Gasteiger partial charge is 0.468 e. The Morgan fingerprint density at radius 1 is 0.947 bits per heavy atom. The molecule has 1 aromatic rings. The van der Waals surface area contributed by atoms with Gasteiger partial charge in [-0.1, -0.05) is 44.2 Å². The molecule has 0 aromatic heterocycles. The number of methoxy groups -OCH3 is 2. The maximum Gasteiger partial charge on any atom is 0.320 e. The highest BCUT2D eigenvalue weighted by atomic mass is 16.5. The summed E-state index contributed by atoms with van der Waals surface area (Å²) >= 11 is 0. The van der Waals surface area contributed by atoms with E-state index in [1.54, 1.807) is 0 Å². The number of esters is 2. The third kappa shape index (κ3) is 3.56. The molecule has 0 spiro atoms. The summed E-state index contributed by atoms with van der Waals surface area (Å²) in [4.78, 5) is 23.8. The summed E-state index contributed by atoms with van der Waals surface area (Å²) in [7, 11) is 2.56. The fourth-order valence-corrected chi connectivity index (χ4v) is 2.28. The predicted molar refractivity (Wildman–Crippen MR) is 71.5 cm³/mol. The molecule has 1 aromatic carbocycles. The maximum atomic E-state index is 11.9. The average Bonchev–Trinajstić information content (AvgIpc) is 2.43. The van der Waals surface area contributed by atoms with Gasteiger partial charge >= 0.3 is 11.9 Å². The lowest BCUT2D eigenvalue weighted by atomic mass is 9.78. The van der Waals surface area contributed by atoms with Gasteiger partial charge in [-0.3, -0.25) is 9.59 Å². The van der Waals surface area contributed by atoms with E-state index in [0.29, 0.717) is 0 Å². The number of ether oxygens (including phenoxy) is 2. The number of rotatable bonds is 5. The molecule has 0 fully saturated rings. The van der Waals surface area contributed by atoms with Crippen LogP contribution in [0.25, 0.3) is 0 Å². The van der Waals surface area contributed by atoms with E-state index in [4.69, 9.17) is 9.47 Å². The van der Waals surface area contributed by atoms with Crippen molar-refractivity contribution < 1.29 is 19.1 Å². The van der Waals surface area contributed by atoms with Gasteiger partial charge in [0.2, 0.25) is 0 Å². The zero-order valence-electron chi connectivity index (χ0n) is 11.8. The Balaban J connectivity index is 3.20. The van der Waals surface area contributed by atoms with Crippen LogP contribution in [0.3, 0.4) is 0 Å². The highest BCUT2D eigenvalue weighted by Gasteiger charge is 2.39. The van der Waals surface area contributed by atoms with Crippen LogP contribution in [-0.4, -0.2) is 26.2 Å². The molecule has 0 aliphatic rings. The Kier molecular flexibility index (Phi) is 5.55. The van der Waals surface area contributed by atoms with Gasteiger partial charge in [0, 0.05) is 5.92 Å². The minimum Gasteiger partial charge on any atom is -0.468 e. The van der Waals surface area contributed by atoms with Crippen LogP contribution < -0.4 is 0 Å². The Morgan fingerprint density at radius 3 is 1.79 bits per heavy atom. The molecule has 1 rings (SSSR count). The Morgan fingerprint density at radius 2 is 1.42 bits per heavy atom.